The Kier molecular flexibility index (Phi) is 3.66. The number of aryl methyl sites for hydroxylation is 1. The van der Waals surface area contributed by atoms with Crippen molar-refractivity contribution >= 4 is 22.8 Å². The van der Waals surface area contributed by atoms with Gasteiger partial charge in [0, 0.05) is 37.0 Å². The molecular formula is C17H18N8S. The summed E-state index contributed by atoms with van der Waals surface area (Å²) in [7, 11) is 2.00. The number of nitrogens with zero attached hydrogens (tertiary/aromatic N) is 8. The van der Waals surface area contributed by atoms with E-state index in [1.54, 1.807) is 17.7 Å². The van der Waals surface area contributed by atoms with Crippen molar-refractivity contribution in [3.8, 4) is 11.4 Å². The molecule has 1 saturated heterocycles. The lowest BCUT2D eigenvalue weighted by molar-refractivity contribution is 0.476. The van der Waals surface area contributed by atoms with Gasteiger partial charge in [0.15, 0.2) is 11.5 Å². The van der Waals surface area contributed by atoms with Crippen LogP contribution in [-0.2, 0) is 7.05 Å². The van der Waals surface area contributed by atoms with Crippen LogP contribution >= 0.6 is 11.3 Å². The summed E-state index contributed by atoms with van der Waals surface area (Å²) < 4.78 is 3.85. The van der Waals surface area contributed by atoms with Gasteiger partial charge >= 0.3 is 0 Å². The third kappa shape index (κ3) is 2.55. The highest BCUT2D eigenvalue weighted by molar-refractivity contribution is 7.08. The summed E-state index contributed by atoms with van der Waals surface area (Å²) in [6.45, 7) is 1.88. The van der Waals surface area contributed by atoms with Crippen LogP contribution in [-0.4, -0.2) is 47.7 Å². The topological polar surface area (TPSA) is 77.0 Å². The summed E-state index contributed by atoms with van der Waals surface area (Å²) in [5.74, 6) is 3.13. The minimum Gasteiger partial charge on any atom is -0.354 e. The van der Waals surface area contributed by atoms with Crippen molar-refractivity contribution in [3.63, 3.8) is 0 Å². The first-order valence-corrected chi connectivity index (χ1v) is 9.58. The molecule has 4 aromatic rings. The monoisotopic (exact) mass is 366 g/mol. The van der Waals surface area contributed by atoms with Gasteiger partial charge in [-0.05, 0) is 36.4 Å². The van der Waals surface area contributed by atoms with E-state index in [0.29, 0.717) is 5.92 Å². The van der Waals surface area contributed by atoms with Gasteiger partial charge in [-0.15, -0.1) is 25.5 Å². The average Bonchev–Trinajstić information content (AvgIpc) is 3.41. The number of hydrogen-bond donors (Lipinski definition) is 0. The number of aromatic nitrogens is 7. The first-order valence-electron chi connectivity index (χ1n) is 8.63. The molecule has 5 heterocycles. The van der Waals surface area contributed by atoms with E-state index in [1.165, 1.54) is 0 Å². The molecule has 0 N–H and O–H groups in total. The molecule has 1 aliphatic heterocycles. The Morgan fingerprint density at radius 2 is 2.12 bits per heavy atom. The van der Waals surface area contributed by atoms with Crippen molar-refractivity contribution < 1.29 is 0 Å². The van der Waals surface area contributed by atoms with Crippen LogP contribution < -0.4 is 4.90 Å². The van der Waals surface area contributed by atoms with E-state index in [1.807, 2.05) is 39.7 Å². The average molecular weight is 366 g/mol. The van der Waals surface area contributed by atoms with Crippen molar-refractivity contribution in [2.24, 2.45) is 7.05 Å². The second-order valence-corrected chi connectivity index (χ2v) is 7.36. The largest absolute Gasteiger partial charge is 0.354 e. The Morgan fingerprint density at radius 1 is 1.15 bits per heavy atom. The standard InChI is InChI=1S/C17H18N8S/c1-23-11-18-20-16(23)12-3-2-7-24(9-12)15-5-4-14-19-21-17(25(14)22-15)13-6-8-26-10-13/h4-6,8,10-12H,2-3,7,9H2,1H3. The molecule has 26 heavy (non-hydrogen) atoms. The summed E-state index contributed by atoms with van der Waals surface area (Å²) in [5.41, 5.74) is 1.81. The zero-order valence-electron chi connectivity index (χ0n) is 14.4. The van der Waals surface area contributed by atoms with Crippen LogP contribution in [0.3, 0.4) is 0 Å². The van der Waals surface area contributed by atoms with Gasteiger partial charge in [0.2, 0.25) is 0 Å². The Morgan fingerprint density at radius 3 is 2.92 bits per heavy atom. The molecule has 1 unspecified atom stereocenters. The van der Waals surface area contributed by atoms with E-state index < -0.39 is 0 Å². The predicted molar refractivity (Wildman–Crippen MR) is 99.3 cm³/mol. The Bertz CT molecular complexity index is 1030. The number of rotatable bonds is 3. The lowest BCUT2D eigenvalue weighted by Crippen LogP contribution is -2.36. The summed E-state index contributed by atoms with van der Waals surface area (Å²) in [6, 6.07) is 6.05. The van der Waals surface area contributed by atoms with Crippen LogP contribution in [0.25, 0.3) is 17.0 Å². The quantitative estimate of drug-likeness (QED) is 0.554. The molecule has 8 nitrogen and oxygen atoms in total. The van der Waals surface area contributed by atoms with Crippen LogP contribution in [0.5, 0.6) is 0 Å². The lowest BCUT2D eigenvalue weighted by atomic mass is 9.97. The van der Waals surface area contributed by atoms with Crippen LogP contribution in [0.1, 0.15) is 24.6 Å². The fraction of sp³-hybridized carbons (Fsp3) is 0.353. The molecule has 1 aliphatic rings. The highest BCUT2D eigenvalue weighted by Crippen LogP contribution is 2.28. The van der Waals surface area contributed by atoms with Gasteiger partial charge in [0.1, 0.15) is 18.0 Å². The van der Waals surface area contributed by atoms with Crippen molar-refractivity contribution in [1.29, 1.82) is 0 Å². The molecule has 5 rings (SSSR count). The van der Waals surface area contributed by atoms with Crippen LogP contribution in [0.15, 0.2) is 35.3 Å². The summed E-state index contributed by atoms with van der Waals surface area (Å²) in [5, 5.41) is 25.8. The molecule has 4 aromatic heterocycles. The highest BCUT2D eigenvalue weighted by atomic mass is 32.1. The Hall–Kier alpha value is -2.81. The maximum absolute atomic E-state index is 4.83. The SMILES string of the molecule is Cn1cnnc1C1CCCN(c2ccc3nnc(-c4ccsc4)n3n2)C1. The number of piperidine rings is 1. The minimum absolute atomic E-state index is 0.367. The maximum Gasteiger partial charge on any atom is 0.186 e. The molecule has 9 heteroatoms. The third-order valence-corrected chi connectivity index (χ3v) is 5.57. The van der Waals surface area contributed by atoms with Crippen molar-refractivity contribution in [2.45, 2.75) is 18.8 Å². The first-order chi connectivity index (χ1) is 12.8. The Balaban J connectivity index is 1.48. The van der Waals surface area contributed by atoms with Gasteiger partial charge in [0.05, 0.1) is 0 Å². The van der Waals surface area contributed by atoms with Gasteiger partial charge in [-0.25, -0.2) is 0 Å². The van der Waals surface area contributed by atoms with Gasteiger partial charge in [0.25, 0.3) is 0 Å². The normalized spacial score (nSPS) is 17.9. The highest BCUT2D eigenvalue weighted by Gasteiger charge is 2.26. The van der Waals surface area contributed by atoms with Crippen molar-refractivity contribution in [1.82, 2.24) is 34.6 Å². The van der Waals surface area contributed by atoms with E-state index in [4.69, 9.17) is 5.10 Å². The molecule has 0 aliphatic carbocycles. The number of thiophene rings is 1. The summed E-state index contributed by atoms with van der Waals surface area (Å²) >= 11 is 1.64. The first kappa shape index (κ1) is 15.4. The van der Waals surface area contributed by atoms with Crippen LogP contribution in [0.4, 0.5) is 5.82 Å². The summed E-state index contributed by atoms with van der Waals surface area (Å²) in [6.07, 6.45) is 4.00. The third-order valence-electron chi connectivity index (χ3n) is 4.89. The van der Waals surface area contributed by atoms with Gasteiger partial charge < -0.3 is 9.47 Å². The fourth-order valence-corrected chi connectivity index (χ4v) is 4.21. The van der Waals surface area contributed by atoms with Gasteiger partial charge in [-0.3, -0.25) is 0 Å². The molecule has 0 saturated carbocycles. The van der Waals surface area contributed by atoms with E-state index in [0.717, 1.165) is 54.6 Å². The molecular weight excluding hydrogens is 348 g/mol. The number of hydrogen-bond acceptors (Lipinski definition) is 7. The van der Waals surface area contributed by atoms with Crippen LogP contribution in [0.2, 0.25) is 0 Å². The van der Waals surface area contributed by atoms with Gasteiger partial charge in [-0.2, -0.15) is 15.9 Å². The predicted octanol–water partition coefficient (Wildman–Crippen LogP) is 2.37. The summed E-state index contributed by atoms with van der Waals surface area (Å²) in [4.78, 5) is 2.32. The Labute approximate surface area is 154 Å². The lowest BCUT2D eigenvalue weighted by Gasteiger charge is -2.32. The fourth-order valence-electron chi connectivity index (χ4n) is 3.58. The number of anilines is 1. The van der Waals surface area contributed by atoms with Crippen molar-refractivity contribution in [3.05, 3.63) is 41.1 Å². The molecule has 0 radical (unpaired) electrons. The van der Waals surface area contributed by atoms with E-state index in [-0.39, 0.29) is 0 Å². The molecule has 1 fully saturated rings. The van der Waals surface area contributed by atoms with Gasteiger partial charge in [-0.1, -0.05) is 0 Å². The van der Waals surface area contributed by atoms with E-state index >= 15 is 0 Å². The zero-order valence-corrected chi connectivity index (χ0v) is 15.2. The second kappa shape index (κ2) is 6.17. The molecule has 0 amide bonds. The zero-order chi connectivity index (χ0) is 17.5. The molecule has 0 spiro atoms. The number of fused-ring (bicyclic) bond motifs is 1. The second-order valence-electron chi connectivity index (χ2n) is 6.58. The molecule has 0 bridgehead atoms. The van der Waals surface area contributed by atoms with E-state index in [9.17, 15) is 0 Å². The molecule has 132 valence electrons. The van der Waals surface area contributed by atoms with Crippen molar-refractivity contribution in [2.75, 3.05) is 18.0 Å². The van der Waals surface area contributed by atoms with E-state index in [2.05, 4.69) is 30.7 Å². The molecule has 1 atom stereocenters. The minimum atomic E-state index is 0.367. The maximum atomic E-state index is 4.83. The molecule has 0 aromatic carbocycles. The smallest absolute Gasteiger partial charge is 0.186 e. The van der Waals surface area contributed by atoms with Crippen LogP contribution in [0, 0.1) is 0 Å².